The minimum absolute atomic E-state index is 0. The predicted octanol–water partition coefficient (Wildman–Crippen LogP) is 4.73. The van der Waals surface area contributed by atoms with Crippen molar-refractivity contribution >= 4 is 41.3 Å². The Hall–Kier alpha value is -1.35. The molecule has 2 rings (SSSR count). The summed E-state index contributed by atoms with van der Waals surface area (Å²) in [4.78, 5) is 10.1. The highest BCUT2D eigenvalue weighted by molar-refractivity contribution is 14.0. The summed E-state index contributed by atoms with van der Waals surface area (Å²) in [5.74, 6) is 1.66. The Morgan fingerprint density at radius 1 is 1.15 bits per heavy atom. The molecule has 7 heteroatoms. The third-order valence-electron chi connectivity index (χ3n) is 3.79. The molecule has 0 amide bonds. The van der Waals surface area contributed by atoms with Crippen LogP contribution in [0.15, 0.2) is 23.2 Å². The Morgan fingerprint density at radius 2 is 1.81 bits per heavy atom. The van der Waals surface area contributed by atoms with Crippen molar-refractivity contribution in [3.63, 3.8) is 0 Å². The van der Waals surface area contributed by atoms with Crippen LogP contribution in [0.1, 0.15) is 47.5 Å². The van der Waals surface area contributed by atoms with E-state index in [1.165, 1.54) is 10.4 Å². The van der Waals surface area contributed by atoms with E-state index in [1.807, 2.05) is 6.92 Å². The van der Waals surface area contributed by atoms with Crippen molar-refractivity contribution in [1.29, 1.82) is 0 Å². The van der Waals surface area contributed by atoms with E-state index >= 15 is 0 Å². The van der Waals surface area contributed by atoms with Crippen LogP contribution in [0.2, 0.25) is 0 Å². The standard InChI is InChI=1S/C20H30N4OS.HI/c1-13-8-9-16(17(10-13)25-20(4,5)6)11-22-19(21-7)23-12-18-24-14(2)15(3)26-18;/h8-10H,11-12H2,1-7H3,(H2,21,22,23);1H. The molecular formula is C20H31IN4OS. The summed E-state index contributed by atoms with van der Waals surface area (Å²) >= 11 is 1.72. The number of halogens is 1. The number of nitrogens with one attached hydrogen (secondary N) is 2. The normalized spacial score (nSPS) is 11.7. The highest BCUT2D eigenvalue weighted by Gasteiger charge is 2.15. The molecule has 0 saturated heterocycles. The largest absolute Gasteiger partial charge is 0.488 e. The molecule has 2 N–H and O–H groups in total. The van der Waals surface area contributed by atoms with Gasteiger partial charge in [-0.25, -0.2) is 4.98 Å². The van der Waals surface area contributed by atoms with Gasteiger partial charge in [0.15, 0.2) is 5.96 Å². The fourth-order valence-electron chi connectivity index (χ4n) is 2.41. The number of hydrogen-bond acceptors (Lipinski definition) is 4. The van der Waals surface area contributed by atoms with Crippen LogP contribution < -0.4 is 15.4 Å². The van der Waals surface area contributed by atoms with Crippen LogP contribution in [0.4, 0.5) is 0 Å². The number of aromatic nitrogens is 1. The zero-order chi connectivity index (χ0) is 19.3. The Bertz CT molecular complexity index is 761. The summed E-state index contributed by atoms with van der Waals surface area (Å²) in [7, 11) is 1.77. The molecule has 1 aromatic carbocycles. The van der Waals surface area contributed by atoms with E-state index in [1.54, 1.807) is 18.4 Å². The smallest absolute Gasteiger partial charge is 0.191 e. The van der Waals surface area contributed by atoms with Crippen LogP contribution in [0.5, 0.6) is 5.75 Å². The lowest BCUT2D eigenvalue weighted by Crippen LogP contribution is -2.36. The number of benzene rings is 1. The lowest BCUT2D eigenvalue weighted by molar-refractivity contribution is 0.129. The number of hydrogen-bond donors (Lipinski definition) is 2. The highest BCUT2D eigenvalue weighted by atomic mass is 127. The molecule has 5 nitrogen and oxygen atoms in total. The fraction of sp³-hybridized carbons (Fsp3) is 0.500. The van der Waals surface area contributed by atoms with Crippen molar-refractivity contribution in [3.05, 3.63) is 44.9 Å². The van der Waals surface area contributed by atoms with E-state index < -0.39 is 0 Å². The average Bonchev–Trinajstić information content (AvgIpc) is 2.86. The summed E-state index contributed by atoms with van der Waals surface area (Å²) in [6.07, 6.45) is 0. The molecule has 27 heavy (non-hydrogen) atoms. The summed E-state index contributed by atoms with van der Waals surface area (Å²) in [5.41, 5.74) is 3.15. The Morgan fingerprint density at radius 3 is 2.37 bits per heavy atom. The summed E-state index contributed by atoms with van der Waals surface area (Å²) < 4.78 is 6.12. The van der Waals surface area contributed by atoms with Crippen molar-refractivity contribution in [3.8, 4) is 5.75 Å². The molecule has 0 aliphatic rings. The summed E-state index contributed by atoms with van der Waals surface area (Å²) in [6.45, 7) is 13.7. The van der Waals surface area contributed by atoms with Gasteiger partial charge in [0, 0.05) is 24.0 Å². The second kappa shape index (κ2) is 10.3. The van der Waals surface area contributed by atoms with Crippen LogP contribution in [0, 0.1) is 20.8 Å². The molecule has 1 aromatic heterocycles. The van der Waals surface area contributed by atoms with Gasteiger partial charge < -0.3 is 15.4 Å². The van der Waals surface area contributed by atoms with Crippen molar-refractivity contribution in [2.24, 2.45) is 4.99 Å². The van der Waals surface area contributed by atoms with Gasteiger partial charge in [-0.05, 0) is 53.2 Å². The van der Waals surface area contributed by atoms with Gasteiger partial charge in [-0.1, -0.05) is 12.1 Å². The van der Waals surface area contributed by atoms with E-state index in [0.29, 0.717) is 13.1 Å². The van der Waals surface area contributed by atoms with E-state index in [-0.39, 0.29) is 29.6 Å². The number of ether oxygens (including phenoxy) is 1. The molecule has 0 bridgehead atoms. The zero-order valence-electron chi connectivity index (χ0n) is 17.3. The molecule has 0 aliphatic heterocycles. The molecule has 1 heterocycles. The van der Waals surface area contributed by atoms with Gasteiger partial charge in [0.1, 0.15) is 16.4 Å². The first kappa shape index (κ1) is 23.7. The monoisotopic (exact) mass is 502 g/mol. The number of nitrogens with zero attached hydrogens (tertiary/aromatic N) is 2. The van der Waals surface area contributed by atoms with Gasteiger partial charge in [-0.2, -0.15) is 0 Å². The molecule has 0 aliphatic carbocycles. The predicted molar refractivity (Wildman–Crippen MR) is 126 cm³/mol. The third kappa shape index (κ3) is 7.65. The highest BCUT2D eigenvalue weighted by Crippen LogP contribution is 2.24. The molecule has 0 atom stereocenters. The molecule has 0 saturated carbocycles. The molecule has 2 aromatic rings. The average molecular weight is 502 g/mol. The topological polar surface area (TPSA) is 58.5 Å². The Kier molecular flexibility index (Phi) is 9.01. The minimum atomic E-state index is -0.233. The van der Waals surface area contributed by atoms with Gasteiger partial charge in [0.25, 0.3) is 0 Å². The second-order valence-electron chi connectivity index (χ2n) is 7.35. The van der Waals surface area contributed by atoms with Gasteiger partial charge in [0.2, 0.25) is 0 Å². The van der Waals surface area contributed by atoms with Crippen molar-refractivity contribution in [1.82, 2.24) is 15.6 Å². The quantitative estimate of drug-likeness (QED) is 0.353. The molecule has 0 fully saturated rings. The lowest BCUT2D eigenvalue weighted by Gasteiger charge is -2.24. The number of rotatable bonds is 5. The maximum Gasteiger partial charge on any atom is 0.191 e. The SMILES string of the molecule is CN=C(NCc1nc(C)c(C)s1)NCc1ccc(C)cc1OC(C)(C)C.I. The van der Waals surface area contributed by atoms with Crippen LogP contribution >= 0.6 is 35.3 Å². The van der Waals surface area contributed by atoms with E-state index in [2.05, 4.69) is 73.4 Å². The van der Waals surface area contributed by atoms with Crippen LogP contribution in [0.3, 0.4) is 0 Å². The Labute approximate surface area is 184 Å². The maximum absolute atomic E-state index is 6.12. The van der Waals surface area contributed by atoms with Crippen LogP contribution in [-0.4, -0.2) is 23.6 Å². The van der Waals surface area contributed by atoms with Crippen molar-refractivity contribution in [2.45, 2.75) is 60.2 Å². The molecule has 0 radical (unpaired) electrons. The maximum atomic E-state index is 6.12. The molecule has 150 valence electrons. The minimum Gasteiger partial charge on any atom is -0.488 e. The number of aliphatic imine (C=N–C) groups is 1. The lowest BCUT2D eigenvalue weighted by atomic mass is 10.1. The van der Waals surface area contributed by atoms with Crippen LogP contribution in [0.25, 0.3) is 0 Å². The van der Waals surface area contributed by atoms with E-state index in [0.717, 1.165) is 28.0 Å². The first-order valence-corrected chi connectivity index (χ1v) is 9.65. The molecular weight excluding hydrogens is 471 g/mol. The first-order chi connectivity index (χ1) is 12.2. The second-order valence-corrected chi connectivity index (χ2v) is 8.64. The summed E-state index contributed by atoms with van der Waals surface area (Å²) in [5, 5.41) is 7.75. The summed E-state index contributed by atoms with van der Waals surface area (Å²) in [6, 6.07) is 6.29. The first-order valence-electron chi connectivity index (χ1n) is 8.84. The fourth-order valence-corrected chi connectivity index (χ4v) is 3.28. The Balaban J connectivity index is 0.00000364. The van der Waals surface area contributed by atoms with E-state index in [9.17, 15) is 0 Å². The van der Waals surface area contributed by atoms with Gasteiger partial charge in [-0.3, -0.25) is 4.99 Å². The van der Waals surface area contributed by atoms with E-state index in [4.69, 9.17) is 4.74 Å². The zero-order valence-corrected chi connectivity index (χ0v) is 20.4. The molecule has 0 unspecified atom stereocenters. The van der Waals surface area contributed by atoms with Gasteiger partial charge in [-0.15, -0.1) is 35.3 Å². The molecule has 0 spiro atoms. The van der Waals surface area contributed by atoms with Gasteiger partial charge >= 0.3 is 0 Å². The van der Waals surface area contributed by atoms with Crippen molar-refractivity contribution < 1.29 is 4.74 Å². The van der Waals surface area contributed by atoms with Crippen molar-refractivity contribution in [2.75, 3.05) is 7.05 Å². The third-order valence-corrected chi connectivity index (χ3v) is 4.86. The van der Waals surface area contributed by atoms with Gasteiger partial charge in [0.05, 0.1) is 12.2 Å². The number of guanidine groups is 1. The number of thiazole rings is 1. The number of aryl methyl sites for hydroxylation is 3. The van der Waals surface area contributed by atoms with Crippen LogP contribution in [-0.2, 0) is 13.1 Å².